The molecule has 2 aromatic rings. The number of hydrogen-bond donors (Lipinski definition) is 1. The Bertz CT molecular complexity index is 876. The van der Waals surface area contributed by atoms with E-state index in [1.54, 1.807) is 21.9 Å². The second kappa shape index (κ2) is 8.04. The van der Waals surface area contributed by atoms with Crippen molar-refractivity contribution in [1.82, 2.24) is 19.8 Å². The molecule has 2 amide bonds. The summed E-state index contributed by atoms with van der Waals surface area (Å²) in [5.41, 5.74) is 2.27. The predicted molar refractivity (Wildman–Crippen MR) is 104 cm³/mol. The van der Waals surface area contributed by atoms with Gasteiger partial charge in [-0.05, 0) is 42.9 Å². The number of aromatic nitrogens is 2. The highest BCUT2D eigenvalue weighted by Gasteiger charge is 2.30. The summed E-state index contributed by atoms with van der Waals surface area (Å²) in [5.74, 6) is 1.23. The summed E-state index contributed by atoms with van der Waals surface area (Å²) in [4.78, 5) is 31.3. The molecule has 1 saturated heterocycles. The van der Waals surface area contributed by atoms with Crippen LogP contribution in [-0.2, 0) is 20.0 Å². The van der Waals surface area contributed by atoms with Gasteiger partial charge in [0.05, 0.1) is 6.61 Å². The van der Waals surface area contributed by atoms with Gasteiger partial charge in [-0.3, -0.25) is 4.79 Å². The van der Waals surface area contributed by atoms with Crippen molar-refractivity contribution in [3.05, 3.63) is 47.5 Å². The van der Waals surface area contributed by atoms with Crippen LogP contribution in [0.1, 0.15) is 41.0 Å². The van der Waals surface area contributed by atoms with E-state index in [4.69, 9.17) is 4.74 Å². The zero-order valence-corrected chi connectivity index (χ0v) is 16.2. The summed E-state index contributed by atoms with van der Waals surface area (Å²) in [6, 6.07) is 5.97. The van der Waals surface area contributed by atoms with Gasteiger partial charge in [-0.2, -0.15) is 0 Å². The third kappa shape index (κ3) is 3.88. The van der Waals surface area contributed by atoms with Crippen molar-refractivity contribution in [1.29, 1.82) is 0 Å². The Labute approximate surface area is 164 Å². The van der Waals surface area contributed by atoms with Crippen LogP contribution in [0.2, 0.25) is 0 Å². The molecule has 28 heavy (non-hydrogen) atoms. The number of carbonyl (C=O) groups excluding carboxylic acids is 2. The first-order valence-corrected chi connectivity index (χ1v) is 9.91. The average Bonchev–Trinajstić information content (AvgIpc) is 3.17. The molecule has 0 bridgehead atoms. The molecule has 1 aromatic heterocycles. The zero-order valence-electron chi connectivity index (χ0n) is 16.2. The number of ketones is 1. The van der Waals surface area contributed by atoms with Crippen molar-refractivity contribution in [3.8, 4) is 5.75 Å². The largest absolute Gasteiger partial charge is 0.493 e. The number of benzene rings is 1. The first-order valence-electron chi connectivity index (χ1n) is 9.91. The molecule has 3 heterocycles. The molecule has 4 rings (SSSR count). The molecule has 7 nitrogen and oxygen atoms in total. The number of fused-ring (bicyclic) bond motifs is 1. The predicted octanol–water partition coefficient (Wildman–Crippen LogP) is 2.55. The number of urea groups is 1. The zero-order chi connectivity index (χ0) is 19.5. The Morgan fingerprint density at radius 2 is 2.21 bits per heavy atom. The van der Waals surface area contributed by atoms with Crippen molar-refractivity contribution < 1.29 is 14.3 Å². The van der Waals surface area contributed by atoms with E-state index in [0.717, 1.165) is 43.6 Å². The second-order valence-electron chi connectivity index (χ2n) is 7.56. The maximum atomic E-state index is 12.7. The number of aryl methyl sites for hydroxylation is 2. The number of hydrogen-bond acceptors (Lipinski definition) is 4. The molecule has 7 heteroatoms. The van der Waals surface area contributed by atoms with Gasteiger partial charge < -0.3 is 19.5 Å². The molecule has 1 aromatic carbocycles. The topological polar surface area (TPSA) is 76.5 Å². The molecule has 1 fully saturated rings. The lowest BCUT2D eigenvalue weighted by Crippen LogP contribution is -2.47. The maximum absolute atomic E-state index is 12.7. The van der Waals surface area contributed by atoms with Gasteiger partial charge >= 0.3 is 6.03 Å². The van der Waals surface area contributed by atoms with Crippen molar-refractivity contribution in [2.75, 3.05) is 19.7 Å². The fourth-order valence-electron chi connectivity index (χ4n) is 3.97. The van der Waals surface area contributed by atoms with Crippen LogP contribution in [0.15, 0.2) is 30.6 Å². The quantitative estimate of drug-likeness (QED) is 0.825. The van der Waals surface area contributed by atoms with E-state index in [0.29, 0.717) is 25.5 Å². The third-order valence-electron chi connectivity index (χ3n) is 5.54. The van der Waals surface area contributed by atoms with Gasteiger partial charge in [0.2, 0.25) is 5.78 Å². The van der Waals surface area contributed by atoms with Crippen LogP contribution in [0.3, 0.4) is 0 Å². The number of piperidine rings is 1. The smallest absolute Gasteiger partial charge is 0.317 e. The number of likely N-dealkylation sites (tertiary alicyclic amines) is 1. The molecular formula is C21H26N4O3. The minimum atomic E-state index is -0.193. The lowest BCUT2D eigenvalue weighted by Gasteiger charge is -2.32. The number of nitrogens with zero attached hydrogens (tertiary/aromatic N) is 3. The summed E-state index contributed by atoms with van der Waals surface area (Å²) in [5, 5.41) is 3.00. The van der Waals surface area contributed by atoms with Crippen molar-refractivity contribution in [2.24, 2.45) is 13.0 Å². The number of ether oxygens (including phenoxy) is 1. The highest BCUT2D eigenvalue weighted by molar-refractivity contribution is 5.95. The lowest BCUT2D eigenvalue weighted by molar-refractivity contribution is 0.0831. The number of carbonyl (C=O) groups is 2. The third-order valence-corrected chi connectivity index (χ3v) is 5.54. The van der Waals surface area contributed by atoms with E-state index >= 15 is 0 Å². The summed E-state index contributed by atoms with van der Waals surface area (Å²) in [6.45, 7) is 2.36. The first-order chi connectivity index (χ1) is 13.6. The highest BCUT2D eigenvalue weighted by atomic mass is 16.5. The van der Waals surface area contributed by atoms with E-state index in [2.05, 4.69) is 16.4 Å². The van der Waals surface area contributed by atoms with Crippen LogP contribution in [-0.4, -0.2) is 46.0 Å². The number of amides is 2. The van der Waals surface area contributed by atoms with E-state index in [1.165, 1.54) is 5.56 Å². The molecule has 148 valence electrons. The van der Waals surface area contributed by atoms with Gasteiger partial charge in [0.15, 0.2) is 5.82 Å². The fraction of sp³-hybridized carbons (Fsp3) is 0.476. The van der Waals surface area contributed by atoms with Gasteiger partial charge in [-0.15, -0.1) is 0 Å². The fourth-order valence-corrected chi connectivity index (χ4v) is 3.97. The van der Waals surface area contributed by atoms with Crippen LogP contribution >= 0.6 is 0 Å². The van der Waals surface area contributed by atoms with E-state index in [9.17, 15) is 9.59 Å². The lowest BCUT2D eigenvalue weighted by atomic mass is 9.93. The Balaban J connectivity index is 1.34. The summed E-state index contributed by atoms with van der Waals surface area (Å²) >= 11 is 0. The first kappa shape index (κ1) is 18.5. The number of rotatable bonds is 4. The molecule has 2 aliphatic rings. The van der Waals surface area contributed by atoms with Gasteiger partial charge in [0.1, 0.15) is 5.75 Å². The minimum Gasteiger partial charge on any atom is -0.493 e. The van der Waals surface area contributed by atoms with Crippen molar-refractivity contribution in [2.45, 2.75) is 32.2 Å². The van der Waals surface area contributed by atoms with Gasteiger partial charge in [0.25, 0.3) is 0 Å². The standard InChI is InChI=1S/C21H26N4O3/c1-24-10-8-22-20(24)19(26)17-4-2-9-25(14-17)21(27)23-13-15-6-7-18-16(12-15)5-3-11-28-18/h6-8,10,12,17H,2-5,9,11,13-14H2,1H3,(H,23,27)/t17-/m0/s1. The van der Waals surface area contributed by atoms with Gasteiger partial charge in [-0.1, -0.05) is 12.1 Å². The van der Waals surface area contributed by atoms with Crippen molar-refractivity contribution in [3.63, 3.8) is 0 Å². The molecule has 0 unspecified atom stereocenters. The SMILES string of the molecule is Cn1ccnc1C(=O)[C@H]1CCCN(C(=O)NCc2ccc3c(c2)CCCO3)C1. The Hall–Kier alpha value is -2.83. The molecule has 0 spiro atoms. The Morgan fingerprint density at radius 1 is 1.32 bits per heavy atom. The monoisotopic (exact) mass is 382 g/mol. The highest BCUT2D eigenvalue weighted by Crippen LogP contribution is 2.25. The Kier molecular flexibility index (Phi) is 5.32. The van der Waals surface area contributed by atoms with Gasteiger partial charge in [-0.25, -0.2) is 9.78 Å². The van der Waals surface area contributed by atoms with E-state index in [-0.39, 0.29) is 17.7 Å². The molecule has 1 N–H and O–H groups in total. The number of Topliss-reactive ketones (excluding diaryl/α,β-unsaturated/α-hetero) is 1. The van der Waals surface area contributed by atoms with Crippen LogP contribution in [0.4, 0.5) is 4.79 Å². The molecule has 1 atom stereocenters. The molecule has 0 saturated carbocycles. The van der Waals surface area contributed by atoms with E-state index in [1.807, 2.05) is 19.2 Å². The summed E-state index contributed by atoms with van der Waals surface area (Å²) in [7, 11) is 1.82. The maximum Gasteiger partial charge on any atom is 0.317 e. The second-order valence-corrected chi connectivity index (χ2v) is 7.56. The normalized spacial score (nSPS) is 18.9. The molecular weight excluding hydrogens is 356 g/mol. The molecule has 0 radical (unpaired) electrons. The molecule has 2 aliphatic heterocycles. The van der Waals surface area contributed by atoms with Crippen LogP contribution in [0.5, 0.6) is 5.75 Å². The van der Waals surface area contributed by atoms with Gasteiger partial charge in [0, 0.05) is 45.0 Å². The van der Waals surface area contributed by atoms with Crippen molar-refractivity contribution >= 4 is 11.8 Å². The summed E-state index contributed by atoms with van der Waals surface area (Å²) in [6.07, 6.45) is 7.06. The summed E-state index contributed by atoms with van der Waals surface area (Å²) < 4.78 is 7.38. The number of imidazole rings is 1. The number of nitrogens with one attached hydrogen (secondary N) is 1. The molecule has 0 aliphatic carbocycles. The minimum absolute atomic E-state index is 0.0136. The van der Waals surface area contributed by atoms with Crippen LogP contribution < -0.4 is 10.1 Å². The Morgan fingerprint density at radius 3 is 3.04 bits per heavy atom. The average molecular weight is 382 g/mol. The van der Waals surface area contributed by atoms with Crippen LogP contribution in [0, 0.1) is 5.92 Å². The van der Waals surface area contributed by atoms with E-state index < -0.39 is 0 Å². The van der Waals surface area contributed by atoms with Crippen LogP contribution in [0.25, 0.3) is 0 Å².